The minimum absolute atomic E-state index is 0.421. The number of primary amides is 1. The molecule has 1 aliphatic heterocycles. The highest BCUT2D eigenvalue weighted by atomic mass is 16.1. The number of nitrogens with two attached hydrogens (primary N) is 1. The van der Waals surface area contributed by atoms with E-state index < -0.39 is 5.91 Å². The Balaban J connectivity index is 1.58. The number of carbonyl (C=O) groups excluding carboxylic acids is 1. The Labute approximate surface area is 158 Å². The molecule has 3 aromatic rings. The Morgan fingerprint density at radius 2 is 2.07 bits per heavy atom. The molecule has 0 unspecified atom stereocenters. The number of nitrogens with zero attached hydrogens (tertiary/aromatic N) is 4. The van der Waals surface area contributed by atoms with Crippen molar-refractivity contribution in [2.45, 2.75) is 13.3 Å². The third kappa shape index (κ3) is 3.50. The third-order valence-corrected chi connectivity index (χ3v) is 5.16. The predicted octanol–water partition coefficient (Wildman–Crippen LogP) is 2.26. The van der Waals surface area contributed by atoms with E-state index in [0.717, 1.165) is 56.0 Å². The van der Waals surface area contributed by atoms with Crippen LogP contribution in [-0.4, -0.2) is 58.5 Å². The number of pyridine rings is 1. The van der Waals surface area contributed by atoms with Crippen LogP contribution in [0.2, 0.25) is 0 Å². The second-order valence-corrected chi connectivity index (χ2v) is 6.83. The number of aromatic nitrogens is 3. The van der Waals surface area contributed by atoms with Crippen molar-refractivity contribution in [2.75, 3.05) is 37.6 Å². The molecule has 0 atom stereocenters. The van der Waals surface area contributed by atoms with Gasteiger partial charge >= 0.3 is 0 Å². The summed E-state index contributed by atoms with van der Waals surface area (Å²) in [5.74, 6) is 1.20. The van der Waals surface area contributed by atoms with Gasteiger partial charge in [-0.15, -0.1) is 0 Å². The first-order valence-corrected chi connectivity index (χ1v) is 9.38. The van der Waals surface area contributed by atoms with Crippen LogP contribution in [0.3, 0.4) is 0 Å². The summed E-state index contributed by atoms with van der Waals surface area (Å²) < 4.78 is 0. The van der Waals surface area contributed by atoms with E-state index in [1.165, 1.54) is 0 Å². The second kappa shape index (κ2) is 7.36. The van der Waals surface area contributed by atoms with Gasteiger partial charge in [0.2, 0.25) is 0 Å². The van der Waals surface area contributed by atoms with Crippen LogP contribution in [-0.2, 0) is 0 Å². The van der Waals surface area contributed by atoms with Crippen molar-refractivity contribution in [2.24, 2.45) is 5.73 Å². The summed E-state index contributed by atoms with van der Waals surface area (Å²) in [6.45, 7) is 7.53. The van der Waals surface area contributed by atoms with Crippen LogP contribution >= 0.6 is 0 Å². The summed E-state index contributed by atoms with van der Waals surface area (Å²) >= 11 is 0. The van der Waals surface area contributed by atoms with E-state index >= 15 is 0 Å². The lowest BCUT2D eigenvalue weighted by Crippen LogP contribution is -2.30. The number of carbonyl (C=O) groups is 1. The first-order valence-electron chi connectivity index (χ1n) is 9.38. The van der Waals surface area contributed by atoms with Crippen LogP contribution in [0.5, 0.6) is 0 Å². The van der Waals surface area contributed by atoms with Crippen molar-refractivity contribution >= 4 is 22.8 Å². The number of hydrogen-bond donors (Lipinski definition) is 2. The molecule has 0 spiro atoms. The minimum atomic E-state index is -0.477. The van der Waals surface area contributed by atoms with Gasteiger partial charge in [0.05, 0.1) is 11.1 Å². The van der Waals surface area contributed by atoms with Crippen LogP contribution < -0.4 is 10.6 Å². The van der Waals surface area contributed by atoms with Crippen molar-refractivity contribution in [1.29, 1.82) is 0 Å². The lowest BCUT2D eigenvalue weighted by molar-refractivity contribution is 0.100. The number of aromatic amines is 1. The number of anilines is 1. The van der Waals surface area contributed by atoms with Gasteiger partial charge in [-0.05, 0) is 43.8 Å². The molecule has 0 radical (unpaired) electrons. The smallest absolute Gasteiger partial charge is 0.250 e. The summed E-state index contributed by atoms with van der Waals surface area (Å²) in [6.07, 6.45) is 2.98. The molecule has 4 rings (SSSR count). The zero-order chi connectivity index (χ0) is 18.8. The normalized spacial score (nSPS) is 15.8. The van der Waals surface area contributed by atoms with Crippen LogP contribution in [0.15, 0.2) is 36.5 Å². The molecule has 1 aliphatic rings. The van der Waals surface area contributed by atoms with Gasteiger partial charge in [0.1, 0.15) is 17.2 Å². The lowest BCUT2D eigenvalue weighted by Gasteiger charge is -2.22. The summed E-state index contributed by atoms with van der Waals surface area (Å²) in [6, 6.07) is 9.43. The van der Waals surface area contributed by atoms with Crippen molar-refractivity contribution in [3.63, 3.8) is 0 Å². The van der Waals surface area contributed by atoms with E-state index in [4.69, 9.17) is 5.73 Å². The quantitative estimate of drug-likeness (QED) is 0.741. The first-order chi connectivity index (χ1) is 13.2. The molecule has 1 saturated heterocycles. The van der Waals surface area contributed by atoms with E-state index in [9.17, 15) is 4.79 Å². The van der Waals surface area contributed by atoms with E-state index in [0.29, 0.717) is 16.9 Å². The van der Waals surface area contributed by atoms with Gasteiger partial charge < -0.3 is 20.5 Å². The zero-order valence-corrected chi connectivity index (χ0v) is 15.5. The second-order valence-electron chi connectivity index (χ2n) is 6.83. The Hall–Kier alpha value is -2.93. The average Bonchev–Trinajstić information content (AvgIpc) is 2.98. The first kappa shape index (κ1) is 17.5. The number of para-hydroxylation sites is 1. The number of likely N-dealkylation sites (N-methyl/N-ethyl adjacent to an activating group) is 1. The maximum Gasteiger partial charge on any atom is 0.250 e. The fourth-order valence-electron chi connectivity index (χ4n) is 3.60. The average molecular weight is 364 g/mol. The topological polar surface area (TPSA) is 91.1 Å². The van der Waals surface area contributed by atoms with E-state index in [2.05, 4.69) is 31.7 Å². The molecule has 0 bridgehead atoms. The number of amides is 1. The summed E-state index contributed by atoms with van der Waals surface area (Å²) in [7, 11) is 0. The summed E-state index contributed by atoms with van der Waals surface area (Å²) in [5.41, 5.74) is 8.14. The van der Waals surface area contributed by atoms with Gasteiger partial charge in [-0.25, -0.2) is 9.97 Å². The van der Waals surface area contributed by atoms with Crippen molar-refractivity contribution in [1.82, 2.24) is 19.9 Å². The molecule has 0 aliphatic carbocycles. The maximum atomic E-state index is 11.6. The fourth-order valence-corrected chi connectivity index (χ4v) is 3.60. The summed E-state index contributed by atoms with van der Waals surface area (Å²) in [4.78, 5) is 28.9. The molecule has 2 aromatic heterocycles. The number of hydrogen-bond acceptors (Lipinski definition) is 5. The molecule has 7 nitrogen and oxygen atoms in total. The molecule has 3 heterocycles. The molecule has 27 heavy (non-hydrogen) atoms. The Bertz CT molecular complexity index is 949. The minimum Gasteiger partial charge on any atom is -0.366 e. The Morgan fingerprint density at radius 1 is 1.19 bits per heavy atom. The number of nitrogens with one attached hydrogen (secondary N) is 1. The molecule has 7 heteroatoms. The largest absolute Gasteiger partial charge is 0.366 e. The van der Waals surface area contributed by atoms with Crippen LogP contribution in [0.25, 0.3) is 22.4 Å². The highest BCUT2D eigenvalue weighted by Gasteiger charge is 2.16. The van der Waals surface area contributed by atoms with Crippen LogP contribution in [0, 0.1) is 0 Å². The Morgan fingerprint density at radius 3 is 2.81 bits per heavy atom. The van der Waals surface area contributed by atoms with Crippen molar-refractivity contribution in [3.05, 3.63) is 42.1 Å². The molecular weight excluding hydrogens is 340 g/mol. The molecule has 1 amide bonds. The van der Waals surface area contributed by atoms with E-state index in [1.54, 1.807) is 12.1 Å². The van der Waals surface area contributed by atoms with Gasteiger partial charge in [0.15, 0.2) is 0 Å². The standard InChI is InChI=1S/C20H24N6O/c1-2-25-9-4-10-26(12-11-25)17-8-7-14(13-22-17)20-23-16-6-3-5-15(19(21)27)18(16)24-20/h3,5-8,13H,2,4,9-12H2,1H3,(H2,21,27)(H,23,24). The SMILES string of the molecule is CCN1CCCN(c2ccc(-c3nc4c(C(N)=O)cccc4[nH]3)cn2)CC1. The zero-order valence-electron chi connectivity index (χ0n) is 15.5. The number of imidazole rings is 1. The van der Waals surface area contributed by atoms with Crippen molar-refractivity contribution in [3.8, 4) is 11.4 Å². The predicted molar refractivity (Wildman–Crippen MR) is 107 cm³/mol. The van der Waals surface area contributed by atoms with Gasteiger partial charge in [0.25, 0.3) is 5.91 Å². The van der Waals surface area contributed by atoms with E-state index in [-0.39, 0.29) is 0 Å². The Kier molecular flexibility index (Phi) is 4.77. The van der Waals surface area contributed by atoms with Gasteiger partial charge in [0, 0.05) is 31.4 Å². The fraction of sp³-hybridized carbons (Fsp3) is 0.350. The van der Waals surface area contributed by atoms with E-state index in [1.807, 2.05) is 24.4 Å². The van der Waals surface area contributed by atoms with Gasteiger partial charge in [-0.2, -0.15) is 0 Å². The molecular formula is C20H24N6O. The highest BCUT2D eigenvalue weighted by molar-refractivity contribution is 6.04. The number of benzene rings is 1. The number of H-pyrrole nitrogens is 1. The molecule has 3 N–H and O–H groups in total. The highest BCUT2D eigenvalue weighted by Crippen LogP contribution is 2.24. The van der Waals surface area contributed by atoms with Crippen molar-refractivity contribution < 1.29 is 4.79 Å². The molecule has 1 aromatic carbocycles. The van der Waals surface area contributed by atoms with Gasteiger partial charge in [-0.3, -0.25) is 4.79 Å². The summed E-state index contributed by atoms with van der Waals surface area (Å²) in [5, 5.41) is 0. The molecule has 0 saturated carbocycles. The number of fused-ring (bicyclic) bond motifs is 1. The van der Waals surface area contributed by atoms with Gasteiger partial charge in [-0.1, -0.05) is 13.0 Å². The molecule has 1 fully saturated rings. The molecule has 140 valence electrons. The lowest BCUT2D eigenvalue weighted by atomic mass is 10.2. The number of rotatable bonds is 4. The monoisotopic (exact) mass is 364 g/mol. The third-order valence-electron chi connectivity index (χ3n) is 5.16. The van der Waals surface area contributed by atoms with Crippen LogP contribution in [0.4, 0.5) is 5.82 Å². The maximum absolute atomic E-state index is 11.6. The van der Waals surface area contributed by atoms with Crippen LogP contribution in [0.1, 0.15) is 23.7 Å².